The van der Waals surface area contributed by atoms with Crippen LogP contribution in [0.3, 0.4) is 0 Å². The van der Waals surface area contributed by atoms with Gasteiger partial charge in [0.25, 0.3) is 0 Å². The number of rotatable bonds is 9. The van der Waals surface area contributed by atoms with Crippen LogP contribution in [0.4, 0.5) is 0 Å². The minimum Gasteiger partial charge on any atom is -0.380 e. The van der Waals surface area contributed by atoms with Gasteiger partial charge in [0.2, 0.25) is 0 Å². The lowest BCUT2D eigenvalue weighted by Gasteiger charge is -2.13. The van der Waals surface area contributed by atoms with Crippen LogP contribution in [0.15, 0.2) is 0 Å². The highest BCUT2D eigenvalue weighted by Crippen LogP contribution is 2.42. The average Bonchev–Trinajstić information content (AvgIpc) is 2.19. The van der Waals surface area contributed by atoms with Gasteiger partial charge in [-0.05, 0) is 12.8 Å². The van der Waals surface area contributed by atoms with Crippen LogP contribution in [-0.2, 0) is 9.13 Å². The third-order valence-electron chi connectivity index (χ3n) is 2.45. The van der Waals surface area contributed by atoms with E-state index < -0.39 is 26.9 Å². The monoisotopic (exact) mass is 306 g/mol. The molecule has 18 heavy (non-hydrogen) atoms. The third kappa shape index (κ3) is 8.34. The van der Waals surface area contributed by atoms with E-state index in [1.54, 1.807) is 0 Å². The zero-order chi connectivity index (χ0) is 14.4. The first-order chi connectivity index (χ1) is 8.05. The molecule has 6 N–H and O–H groups in total. The fourth-order valence-electron chi connectivity index (χ4n) is 1.34. The molecule has 8 nitrogen and oxygen atoms in total. The van der Waals surface area contributed by atoms with Gasteiger partial charge < -0.3 is 29.8 Å². The van der Waals surface area contributed by atoms with E-state index in [-0.39, 0.29) is 12.8 Å². The highest BCUT2D eigenvalue weighted by Gasteiger charge is 2.26. The second-order valence-corrected chi connectivity index (χ2v) is 7.68. The van der Waals surface area contributed by atoms with Gasteiger partial charge in [0.15, 0.2) is 11.7 Å². The Morgan fingerprint density at radius 1 is 0.667 bits per heavy atom. The minimum atomic E-state index is -4.44. The molecule has 0 rings (SSSR count). The lowest BCUT2D eigenvalue weighted by molar-refractivity contribution is 0.185. The Kier molecular flexibility index (Phi) is 7.82. The summed E-state index contributed by atoms with van der Waals surface area (Å²) in [7, 11) is -8.88. The van der Waals surface area contributed by atoms with Gasteiger partial charge in [0, 0.05) is 0 Å². The maximum Gasteiger partial charge on any atom is 0.353 e. The number of aliphatic hydroxyl groups excluding tert-OH is 2. The minimum absolute atomic E-state index is 0.0225. The van der Waals surface area contributed by atoms with Gasteiger partial charge in [-0.15, -0.1) is 0 Å². The fourth-order valence-corrected chi connectivity index (χ4v) is 2.38. The van der Waals surface area contributed by atoms with E-state index in [2.05, 4.69) is 0 Å². The van der Waals surface area contributed by atoms with Crippen LogP contribution in [0.25, 0.3) is 0 Å². The molecule has 0 aliphatic carbocycles. The van der Waals surface area contributed by atoms with Crippen molar-refractivity contribution in [2.45, 2.75) is 50.2 Å². The van der Waals surface area contributed by atoms with Gasteiger partial charge in [-0.2, -0.15) is 0 Å². The van der Waals surface area contributed by atoms with E-state index in [1.807, 2.05) is 0 Å². The van der Waals surface area contributed by atoms with Crippen molar-refractivity contribution < 1.29 is 38.9 Å². The third-order valence-corrected chi connectivity index (χ3v) is 4.52. The maximum atomic E-state index is 10.6. The Balaban J connectivity index is 3.59. The smallest absolute Gasteiger partial charge is 0.353 e. The van der Waals surface area contributed by atoms with Crippen molar-refractivity contribution in [1.82, 2.24) is 0 Å². The quantitative estimate of drug-likeness (QED) is 0.263. The van der Waals surface area contributed by atoms with Crippen molar-refractivity contribution in [3.63, 3.8) is 0 Å². The molecule has 2 atom stereocenters. The maximum absolute atomic E-state index is 10.6. The summed E-state index contributed by atoms with van der Waals surface area (Å²) < 4.78 is 21.2. The van der Waals surface area contributed by atoms with Crippen molar-refractivity contribution >= 4 is 15.2 Å². The van der Waals surface area contributed by atoms with Crippen molar-refractivity contribution in [3.8, 4) is 0 Å². The van der Waals surface area contributed by atoms with Crippen LogP contribution in [0.2, 0.25) is 0 Å². The average molecular weight is 306 g/mol. The summed E-state index contributed by atoms with van der Waals surface area (Å²) in [6, 6.07) is 0. The summed E-state index contributed by atoms with van der Waals surface area (Å²) in [6.45, 7) is 0. The SMILES string of the molecule is O=P(O)(O)C(O)CCCCCCC(O)P(=O)(O)O. The molecule has 0 aromatic rings. The van der Waals surface area contributed by atoms with E-state index in [9.17, 15) is 9.13 Å². The van der Waals surface area contributed by atoms with Gasteiger partial charge in [-0.3, -0.25) is 9.13 Å². The number of hydrogen-bond donors (Lipinski definition) is 6. The van der Waals surface area contributed by atoms with Crippen molar-refractivity contribution in [2.75, 3.05) is 0 Å². The highest BCUT2D eigenvalue weighted by atomic mass is 31.2. The second-order valence-electron chi connectivity index (χ2n) is 4.13. The number of hydrogen-bond acceptors (Lipinski definition) is 4. The summed E-state index contributed by atoms with van der Waals surface area (Å²) in [5, 5.41) is 18.1. The van der Waals surface area contributed by atoms with Crippen LogP contribution in [0, 0.1) is 0 Å². The first-order valence-electron chi connectivity index (χ1n) is 5.51. The largest absolute Gasteiger partial charge is 0.380 e. The standard InChI is InChI=1S/C8H20O8P2/c9-7(17(11,12)13)5-3-1-2-4-6-8(10)18(14,15)16/h7-10H,1-6H2,(H2,11,12,13)(H2,14,15,16). The Morgan fingerprint density at radius 2 is 0.944 bits per heavy atom. The molecule has 0 aromatic carbocycles. The second kappa shape index (κ2) is 7.72. The van der Waals surface area contributed by atoms with Gasteiger partial charge in [-0.1, -0.05) is 25.7 Å². The summed E-state index contributed by atoms with van der Waals surface area (Å²) in [6.07, 6.45) is 1.88. The summed E-state index contributed by atoms with van der Waals surface area (Å²) in [5.74, 6) is -3.31. The van der Waals surface area contributed by atoms with Crippen LogP contribution in [0.5, 0.6) is 0 Å². The molecule has 0 aromatic heterocycles. The number of unbranched alkanes of at least 4 members (excludes halogenated alkanes) is 3. The van der Waals surface area contributed by atoms with Gasteiger partial charge >= 0.3 is 15.2 Å². The summed E-state index contributed by atoms with van der Waals surface area (Å²) in [4.78, 5) is 34.4. The van der Waals surface area contributed by atoms with Crippen LogP contribution in [0.1, 0.15) is 38.5 Å². The molecule has 0 saturated carbocycles. The zero-order valence-electron chi connectivity index (χ0n) is 9.79. The van der Waals surface area contributed by atoms with Gasteiger partial charge in [0.05, 0.1) is 0 Å². The van der Waals surface area contributed by atoms with Crippen LogP contribution in [-0.4, -0.2) is 41.5 Å². The van der Waals surface area contributed by atoms with E-state index in [4.69, 9.17) is 29.8 Å². The molecule has 2 unspecified atom stereocenters. The molecule has 0 aliphatic rings. The molecule has 0 spiro atoms. The van der Waals surface area contributed by atoms with Crippen molar-refractivity contribution in [1.29, 1.82) is 0 Å². The van der Waals surface area contributed by atoms with E-state index in [0.29, 0.717) is 25.7 Å². The molecule has 0 aliphatic heterocycles. The fraction of sp³-hybridized carbons (Fsp3) is 1.00. The Morgan fingerprint density at radius 3 is 1.17 bits per heavy atom. The van der Waals surface area contributed by atoms with Crippen LogP contribution >= 0.6 is 15.2 Å². The molecular weight excluding hydrogens is 286 g/mol. The molecule has 110 valence electrons. The van der Waals surface area contributed by atoms with Crippen LogP contribution < -0.4 is 0 Å². The zero-order valence-corrected chi connectivity index (χ0v) is 11.6. The molecule has 0 saturated heterocycles. The Hall–Kier alpha value is 0.220. The predicted molar refractivity (Wildman–Crippen MR) is 63.8 cm³/mol. The lowest BCUT2D eigenvalue weighted by Crippen LogP contribution is -2.07. The Labute approximate surface area is 105 Å². The van der Waals surface area contributed by atoms with Gasteiger partial charge in [-0.25, -0.2) is 0 Å². The molecule has 0 heterocycles. The first-order valence-corrected chi connectivity index (χ1v) is 8.88. The number of aliphatic hydroxyl groups is 2. The topological polar surface area (TPSA) is 156 Å². The molecule has 0 bridgehead atoms. The van der Waals surface area contributed by atoms with Crippen molar-refractivity contribution in [2.24, 2.45) is 0 Å². The van der Waals surface area contributed by atoms with E-state index in [0.717, 1.165) is 0 Å². The summed E-state index contributed by atoms with van der Waals surface area (Å²) >= 11 is 0. The molecule has 10 heteroatoms. The highest BCUT2D eigenvalue weighted by molar-refractivity contribution is 7.52. The van der Waals surface area contributed by atoms with Crippen molar-refractivity contribution in [3.05, 3.63) is 0 Å². The summed E-state index contributed by atoms with van der Waals surface area (Å²) in [5.41, 5.74) is 0. The Bertz CT molecular complexity index is 289. The van der Waals surface area contributed by atoms with Gasteiger partial charge in [0.1, 0.15) is 0 Å². The predicted octanol–water partition coefficient (Wildman–Crippen LogP) is 0.319. The lowest BCUT2D eigenvalue weighted by atomic mass is 10.1. The molecular formula is C8H20O8P2. The molecule has 0 radical (unpaired) electrons. The first kappa shape index (κ1) is 18.2. The molecule has 0 amide bonds. The van der Waals surface area contributed by atoms with E-state index >= 15 is 0 Å². The molecule has 0 fully saturated rings. The van der Waals surface area contributed by atoms with E-state index in [1.165, 1.54) is 0 Å². The normalized spacial score (nSPS) is 16.6.